The molecule has 5 nitrogen and oxygen atoms in total. The summed E-state index contributed by atoms with van der Waals surface area (Å²) in [5.74, 6) is 2.07. The number of pyridine rings is 1. The van der Waals surface area contributed by atoms with Crippen LogP contribution in [0.3, 0.4) is 0 Å². The maximum atomic E-state index is 5.70. The molecule has 1 aromatic rings. The molecule has 0 aliphatic carbocycles. The lowest BCUT2D eigenvalue weighted by Gasteiger charge is -2.32. The van der Waals surface area contributed by atoms with E-state index in [0.29, 0.717) is 12.4 Å². The highest BCUT2D eigenvalue weighted by atomic mass is 16.5. The second-order valence-electron chi connectivity index (χ2n) is 3.89. The number of nitrogens with zero attached hydrogens (tertiary/aromatic N) is 2. The maximum absolute atomic E-state index is 5.70. The second kappa shape index (κ2) is 4.57. The van der Waals surface area contributed by atoms with Crippen molar-refractivity contribution in [2.45, 2.75) is 13.0 Å². The normalized spacial score (nSPS) is 20.9. The van der Waals surface area contributed by atoms with Gasteiger partial charge in [0.05, 0.1) is 19.8 Å². The number of nitrogen functional groups attached to an aromatic ring is 1. The van der Waals surface area contributed by atoms with Gasteiger partial charge in [-0.1, -0.05) is 0 Å². The minimum absolute atomic E-state index is 0.210. The van der Waals surface area contributed by atoms with Crippen molar-refractivity contribution >= 4 is 11.6 Å². The van der Waals surface area contributed by atoms with Crippen LogP contribution in [0.15, 0.2) is 12.1 Å². The van der Waals surface area contributed by atoms with Gasteiger partial charge in [-0.15, -0.1) is 0 Å². The van der Waals surface area contributed by atoms with Crippen molar-refractivity contribution in [3.05, 3.63) is 12.1 Å². The first-order valence-corrected chi connectivity index (χ1v) is 5.37. The van der Waals surface area contributed by atoms with Crippen LogP contribution >= 0.6 is 0 Å². The molecule has 2 rings (SSSR count). The van der Waals surface area contributed by atoms with E-state index < -0.39 is 0 Å². The lowest BCUT2D eigenvalue weighted by Crippen LogP contribution is -2.41. The van der Waals surface area contributed by atoms with Crippen LogP contribution in [0.1, 0.15) is 6.92 Å². The van der Waals surface area contributed by atoms with E-state index in [2.05, 4.69) is 9.88 Å². The smallest absolute Gasteiger partial charge is 0.173 e. The largest absolute Gasteiger partial charge is 0.493 e. The molecular formula is C11H17N3O2. The topological polar surface area (TPSA) is 60.6 Å². The van der Waals surface area contributed by atoms with Gasteiger partial charge in [-0.25, -0.2) is 4.98 Å². The van der Waals surface area contributed by atoms with Crippen LogP contribution in [0.4, 0.5) is 11.6 Å². The Morgan fingerprint density at radius 2 is 2.38 bits per heavy atom. The summed E-state index contributed by atoms with van der Waals surface area (Å²) in [6, 6.07) is 3.59. The zero-order chi connectivity index (χ0) is 11.5. The minimum Gasteiger partial charge on any atom is -0.493 e. The number of hydrogen-bond acceptors (Lipinski definition) is 5. The van der Waals surface area contributed by atoms with Crippen LogP contribution in [-0.4, -0.2) is 37.9 Å². The number of methoxy groups -OCH3 is 1. The number of morpholine rings is 1. The second-order valence-corrected chi connectivity index (χ2v) is 3.89. The molecule has 0 saturated carbocycles. The molecule has 1 aromatic heterocycles. The van der Waals surface area contributed by atoms with Crippen molar-refractivity contribution < 1.29 is 9.47 Å². The van der Waals surface area contributed by atoms with Crippen LogP contribution < -0.4 is 15.4 Å². The Balaban J connectivity index is 2.26. The highest BCUT2D eigenvalue weighted by Crippen LogP contribution is 2.28. The quantitative estimate of drug-likeness (QED) is 0.807. The Kier molecular flexibility index (Phi) is 3.14. The van der Waals surface area contributed by atoms with E-state index in [0.717, 1.165) is 24.7 Å². The van der Waals surface area contributed by atoms with E-state index in [4.69, 9.17) is 15.2 Å². The number of anilines is 2. The van der Waals surface area contributed by atoms with Crippen molar-refractivity contribution in [1.82, 2.24) is 4.98 Å². The van der Waals surface area contributed by atoms with Crippen molar-refractivity contribution in [2.75, 3.05) is 37.4 Å². The molecule has 1 aliphatic rings. The summed E-state index contributed by atoms with van der Waals surface area (Å²) >= 11 is 0. The average Bonchev–Trinajstić information content (AvgIpc) is 2.29. The molecule has 0 aromatic carbocycles. The molecule has 1 aliphatic heterocycles. The number of ether oxygens (including phenoxy) is 2. The number of hydrogen-bond donors (Lipinski definition) is 1. The monoisotopic (exact) mass is 223 g/mol. The molecule has 2 heterocycles. The van der Waals surface area contributed by atoms with Gasteiger partial charge in [0.15, 0.2) is 11.6 Å². The van der Waals surface area contributed by atoms with Gasteiger partial charge in [-0.05, 0) is 19.1 Å². The Labute approximate surface area is 95.2 Å². The molecule has 0 bridgehead atoms. The zero-order valence-electron chi connectivity index (χ0n) is 9.64. The predicted octanol–water partition coefficient (Wildman–Crippen LogP) is 0.897. The van der Waals surface area contributed by atoms with Gasteiger partial charge in [0.2, 0.25) is 0 Å². The molecule has 5 heteroatoms. The Morgan fingerprint density at radius 3 is 3.06 bits per heavy atom. The van der Waals surface area contributed by atoms with Gasteiger partial charge in [0, 0.05) is 13.1 Å². The predicted molar refractivity (Wildman–Crippen MR) is 62.8 cm³/mol. The third-order valence-corrected chi connectivity index (χ3v) is 2.62. The van der Waals surface area contributed by atoms with E-state index in [1.807, 2.05) is 13.0 Å². The zero-order valence-corrected chi connectivity index (χ0v) is 9.64. The molecule has 0 spiro atoms. The van der Waals surface area contributed by atoms with Crippen molar-refractivity contribution in [1.29, 1.82) is 0 Å². The molecule has 0 unspecified atom stereocenters. The number of nitrogens with two attached hydrogens (primary N) is 1. The average molecular weight is 223 g/mol. The molecule has 1 saturated heterocycles. The summed E-state index contributed by atoms with van der Waals surface area (Å²) in [6.07, 6.45) is 0.210. The standard InChI is InChI=1S/C11H17N3O2/c1-8-7-14(5-6-16-8)11-9(15-2)3-4-10(12)13-11/h3-4,8H,5-7H2,1-2H3,(H2,12,13)/t8-/m0/s1. The Bertz CT molecular complexity index is 370. The number of rotatable bonds is 2. The molecule has 16 heavy (non-hydrogen) atoms. The summed E-state index contributed by atoms with van der Waals surface area (Å²) in [4.78, 5) is 6.47. The van der Waals surface area contributed by atoms with Crippen molar-refractivity contribution in [3.8, 4) is 5.75 Å². The Morgan fingerprint density at radius 1 is 1.56 bits per heavy atom. The maximum Gasteiger partial charge on any atom is 0.173 e. The van der Waals surface area contributed by atoms with Crippen LogP contribution in [0.5, 0.6) is 5.75 Å². The highest BCUT2D eigenvalue weighted by Gasteiger charge is 2.21. The lowest BCUT2D eigenvalue weighted by molar-refractivity contribution is 0.0528. The Hall–Kier alpha value is -1.49. The van der Waals surface area contributed by atoms with Crippen LogP contribution in [-0.2, 0) is 4.74 Å². The van der Waals surface area contributed by atoms with Gasteiger partial charge in [0.1, 0.15) is 5.82 Å². The van der Waals surface area contributed by atoms with Gasteiger partial charge in [-0.3, -0.25) is 0 Å². The fraction of sp³-hybridized carbons (Fsp3) is 0.545. The van der Waals surface area contributed by atoms with Gasteiger partial charge < -0.3 is 20.1 Å². The first-order valence-electron chi connectivity index (χ1n) is 5.37. The summed E-state index contributed by atoms with van der Waals surface area (Å²) < 4.78 is 10.8. The first-order chi connectivity index (χ1) is 7.70. The third-order valence-electron chi connectivity index (χ3n) is 2.62. The summed E-state index contributed by atoms with van der Waals surface area (Å²) in [7, 11) is 1.64. The summed E-state index contributed by atoms with van der Waals surface area (Å²) in [5.41, 5.74) is 5.70. The van der Waals surface area contributed by atoms with Gasteiger partial charge in [-0.2, -0.15) is 0 Å². The highest BCUT2D eigenvalue weighted by molar-refractivity contribution is 5.56. The first kappa shape index (κ1) is 11.0. The molecular weight excluding hydrogens is 206 g/mol. The fourth-order valence-electron chi connectivity index (χ4n) is 1.85. The third kappa shape index (κ3) is 2.19. The van der Waals surface area contributed by atoms with E-state index >= 15 is 0 Å². The van der Waals surface area contributed by atoms with Crippen LogP contribution in [0, 0.1) is 0 Å². The SMILES string of the molecule is COc1ccc(N)nc1N1CCO[C@@H](C)C1. The summed E-state index contributed by atoms with van der Waals surface area (Å²) in [6.45, 7) is 4.38. The lowest BCUT2D eigenvalue weighted by atomic mass is 10.3. The van der Waals surface area contributed by atoms with Gasteiger partial charge >= 0.3 is 0 Å². The molecule has 0 radical (unpaired) electrons. The molecule has 88 valence electrons. The molecule has 0 amide bonds. The number of aromatic nitrogens is 1. The summed E-state index contributed by atoms with van der Waals surface area (Å²) in [5, 5.41) is 0. The van der Waals surface area contributed by atoms with E-state index in [-0.39, 0.29) is 6.10 Å². The van der Waals surface area contributed by atoms with E-state index in [1.165, 1.54) is 0 Å². The molecule has 2 N–H and O–H groups in total. The molecule has 1 atom stereocenters. The minimum atomic E-state index is 0.210. The fourth-order valence-corrected chi connectivity index (χ4v) is 1.85. The van der Waals surface area contributed by atoms with Crippen LogP contribution in [0.2, 0.25) is 0 Å². The van der Waals surface area contributed by atoms with Crippen molar-refractivity contribution in [2.24, 2.45) is 0 Å². The van der Waals surface area contributed by atoms with E-state index in [1.54, 1.807) is 13.2 Å². The molecule has 1 fully saturated rings. The van der Waals surface area contributed by atoms with Crippen molar-refractivity contribution in [3.63, 3.8) is 0 Å². The van der Waals surface area contributed by atoms with Crippen LogP contribution in [0.25, 0.3) is 0 Å². The van der Waals surface area contributed by atoms with Gasteiger partial charge in [0.25, 0.3) is 0 Å². The van der Waals surface area contributed by atoms with E-state index in [9.17, 15) is 0 Å².